The van der Waals surface area contributed by atoms with Gasteiger partial charge in [0.05, 0.1) is 25.5 Å². The molecule has 1 N–H and O–H groups in total. The van der Waals surface area contributed by atoms with Gasteiger partial charge in [0.2, 0.25) is 5.91 Å². The van der Waals surface area contributed by atoms with Crippen molar-refractivity contribution in [2.75, 3.05) is 26.9 Å². The van der Waals surface area contributed by atoms with Gasteiger partial charge in [-0.15, -0.1) is 0 Å². The fourth-order valence-corrected chi connectivity index (χ4v) is 1.61. The molecule has 6 nitrogen and oxygen atoms in total. The van der Waals surface area contributed by atoms with Crippen molar-refractivity contribution in [2.45, 2.75) is 19.9 Å². The second-order valence-corrected chi connectivity index (χ2v) is 4.14. The third kappa shape index (κ3) is 4.12. The van der Waals surface area contributed by atoms with Crippen LogP contribution in [0.25, 0.3) is 0 Å². The fourth-order valence-electron chi connectivity index (χ4n) is 1.61. The molecular formula is C12H21N3O3. The molecule has 1 amide bonds. The molecule has 1 rings (SSSR count). The molecule has 102 valence electrons. The zero-order valence-electron chi connectivity index (χ0n) is 11.4. The summed E-state index contributed by atoms with van der Waals surface area (Å²) in [5.41, 5.74) is 2.06. The minimum absolute atomic E-state index is 0.0486. The van der Waals surface area contributed by atoms with Crippen molar-refractivity contribution in [1.29, 1.82) is 0 Å². The van der Waals surface area contributed by atoms with Crippen molar-refractivity contribution >= 4 is 5.91 Å². The van der Waals surface area contributed by atoms with Crippen molar-refractivity contribution in [3.05, 3.63) is 17.5 Å². The van der Waals surface area contributed by atoms with E-state index in [1.165, 1.54) is 0 Å². The molecule has 0 aliphatic heterocycles. The molecule has 1 aromatic heterocycles. The fraction of sp³-hybridized carbons (Fsp3) is 0.667. The SMILES string of the molecule is COCCOCC(=O)NC(C)c1cnn(C)c1C. The van der Waals surface area contributed by atoms with E-state index in [1.807, 2.05) is 20.9 Å². The van der Waals surface area contributed by atoms with Crippen molar-refractivity contribution < 1.29 is 14.3 Å². The molecule has 6 heteroatoms. The quantitative estimate of drug-likeness (QED) is 0.723. The Morgan fingerprint density at radius 2 is 2.28 bits per heavy atom. The average Bonchev–Trinajstić information content (AvgIpc) is 2.66. The Morgan fingerprint density at radius 1 is 1.56 bits per heavy atom. The first-order valence-corrected chi connectivity index (χ1v) is 5.90. The number of aromatic nitrogens is 2. The average molecular weight is 255 g/mol. The second kappa shape index (κ2) is 7.13. The van der Waals surface area contributed by atoms with Gasteiger partial charge in [0.15, 0.2) is 0 Å². The smallest absolute Gasteiger partial charge is 0.246 e. The third-order valence-corrected chi connectivity index (χ3v) is 2.78. The standard InChI is InChI=1S/C12H21N3O3/c1-9(11-7-13-15(3)10(11)2)14-12(16)8-18-6-5-17-4/h7,9H,5-6,8H2,1-4H3,(H,14,16). The summed E-state index contributed by atoms with van der Waals surface area (Å²) in [5.74, 6) is -0.137. The first kappa shape index (κ1) is 14.7. The summed E-state index contributed by atoms with van der Waals surface area (Å²) < 4.78 is 11.8. The molecule has 0 bridgehead atoms. The number of nitrogens with zero attached hydrogens (tertiary/aromatic N) is 2. The first-order valence-electron chi connectivity index (χ1n) is 5.90. The Bertz CT molecular complexity index is 390. The van der Waals surface area contributed by atoms with Gasteiger partial charge >= 0.3 is 0 Å². The van der Waals surface area contributed by atoms with Crippen LogP contribution in [0.4, 0.5) is 0 Å². The third-order valence-electron chi connectivity index (χ3n) is 2.78. The van der Waals surface area contributed by atoms with Gasteiger partial charge < -0.3 is 14.8 Å². The predicted molar refractivity (Wildman–Crippen MR) is 67.2 cm³/mol. The van der Waals surface area contributed by atoms with Crippen LogP contribution in [-0.2, 0) is 21.3 Å². The Balaban J connectivity index is 2.38. The van der Waals surface area contributed by atoms with Gasteiger partial charge in [0.1, 0.15) is 6.61 Å². The van der Waals surface area contributed by atoms with Crippen LogP contribution in [0.15, 0.2) is 6.20 Å². The van der Waals surface area contributed by atoms with Crippen LogP contribution in [0.5, 0.6) is 0 Å². The van der Waals surface area contributed by atoms with Gasteiger partial charge in [0.25, 0.3) is 0 Å². The number of ether oxygens (including phenoxy) is 2. The van der Waals surface area contributed by atoms with Gasteiger partial charge in [-0.05, 0) is 13.8 Å². The summed E-state index contributed by atoms with van der Waals surface area (Å²) >= 11 is 0. The van der Waals surface area contributed by atoms with E-state index in [1.54, 1.807) is 18.0 Å². The van der Waals surface area contributed by atoms with E-state index in [-0.39, 0.29) is 18.6 Å². The highest BCUT2D eigenvalue weighted by Gasteiger charge is 2.14. The van der Waals surface area contributed by atoms with Crippen LogP contribution in [-0.4, -0.2) is 42.6 Å². The largest absolute Gasteiger partial charge is 0.382 e. The maximum atomic E-state index is 11.6. The van der Waals surface area contributed by atoms with Crippen LogP contribution in [0.3, 0.4) is 0 Å². The Hall–Kier alpha value is -1.40. The molecule has 1 aromatic rings. The Kier molecular flexibility index (Phi) is 5.80. The molecule has 1 unspecified atom stereocenters. The second-order valence-electron chi connectivity index (χ2n) is 4.14. The zero-order chi connectivity index (χ0) is 13.5. The molecule has 0 radical (unpaired) electrons. The lowest BCUT2D eigenvalue weighted by Gasteiger charge is -2.13. The van der Waals surface area contributed by atoms with Crippen LogP contribution in [0.1, 0.15) is 24.2 Å². The van der Waals surface area contributed by atoms with Crippen LogP contribution in [0.2, 0.25) is 0 Å². The molecule has 0 saturated heterocycles. The number of methoxy groups -OCH3 is 1. The summed E-state index contributed by atoms with van der Waals surface area (Å²) in [6, 6.07) is -0.0720. The van der Waals surface area contributed by atoms with E-state index < -0.39 is 0 Å². The van der Waals surface area contributed by atoms with E-state index in [2.05, 4.69) is 10.4 Å². The molecule has 0 spiro atoms. The highest BCUT2D eigenvalue weighted by molar-refractivity contribution is 5.77. The molecule has 0 fully saturated rings. The summed E-state index contributed by atoms with van der Waals surface area (Å²) in [5, 5.41) is 7.02. The van der Waals surface area contributed by atoms with Crippen molar-refractivity contribution in [1.82, 2.24) is 15.1 Å². The number of carbonyl (C=O) groups excluding carboxylic acids is 1. The highest BCUT2D eigenvalue weighted by atomic mass is 16.5. The number of carbonyl (C=O) groups is 1. The lowest BCUT2D eigenvalue weighted by atomic mass is 10.1. The minimum atomic E-state index is -0.137. The molecule has 18 heavy (non-hydrogen) atoms. The highest BCUT2D eigenvalue weighted by Crippen LogP contribution is 2.15. The number of rotatable bonds is 7. The van der Waals surface area contributed by atoms with E-state index in [0.717, 1.165) is 11.3 Å². The van der Waals surface area contributed by atoms with Gasteiger partial charge in [-0.3, -0.25) is 9.48 Å². The van der Waals surface area contributed by atoms with Crippen molar-refractivity contribution in [3.63, 3.8) is 0 Å². The van der Waals surface area contributed by atoms with Gasteiger partial charge in [0, 0.05) is 25.4 Å². The van der Waals surface area contributed by atoms with E-state index in [4.69, 9.17) is 9.47 Å². The monoisotopic (exact) mass is 255 g/mol. The van der Waals surface area contributed by atoms with Gasteiger partial charge in [-0.1, -0.05) is 0 Å². The molecule has 0 aromatic carbocycles. The topological polar surface area (TPSA) is 65.4 Å². The predicted octanol–water partition coefficient (Wildman–Crippen LogP) is 0.569. The van der Waals surface area contributed by atoms with Crippen molar-refractivity contribution in [2.24, 2.45) is 7.05 Å². The molecule has 0 aliphatic carbocycles. The van der Waals surface area contributed by atoms with Crippen LogP contribution < -0.4 is 5.32 Å². The number of amides is 1. The number of hydrogen-bond acceptors (Lipinski definition) is 4. The number of hydrogen-bond donors (Lipinski definition) is 1. The maximum Gasteiger partial charge on any atom is 0.246 e. The zero-order valence-corrected chi connectivity index (χ0v) is 11.4. The van der Waals surface area contributed by atoms with Crippen LogP contribution >= 0.6 is 0 Å². The maximum absolute atomic E-state index is 11.6. The lowest BCUT2D eigenvalue weighted by molar-refractivity contribution is -0.126. The summed E-state index contributed by atoms with van der Waals surface area (Å²) in [6.07, 6.45) is 1.77. The number of nitrogens with one attached hydrogen (secondary N) is 1. The Morgan fingerprint density at radius 3 is 2.83 bits per heavy atom. The molecule has 1 atom stereocenters. The van der Waals surface area contributed by atoms with Gasteiger partial charge in [-0.25, -0.2) is 0 Å². The number of aryl methyl sites for hydroxylation is 1. The van der Waals surface area contributed by atoms with Gasteiger partial charge in [-0.2, -0.15) is 5.10 Å². The van der Waals surface area contributed by atoms with Crippen LogP contribution in [0, 0.1) is 6.92 Å². The summed E-state index contributed by atoms with van der Waals surface area (Å²) in [4.78, 5) is 11.6. The van der Waals surface area contributed by atoms with E-state index in [9.17, 15) is 4.79 Å². The lowest BCUT2D eigenvalue weighted by Crippen LogP contribution is -2.30. The first-order chi connectivity index (χ1) is 8.56. The summed E-state index contributed by atoms with van der Waals surface area (Å²) in [7, 11) is 3.47. The molecule has 0 aliphatic rings. The molecule has 0 saturated carbocycles. The summed E-state index contributed by atoms with van der Waals surface area (Å²) in [6.45, 7) is 4.86. The van der Waals surface area contributed by atoms with E-state index in [0.29, 0.717) is 13.2 Å². The molecule has 1 heterocycles. The van der Waals surface area contributed by atoms with Crippen molar-refractivity contribution in [3.8, 4) is 0 Å². The Labute approximate surface area is 107 Å². The normalized spacial score (nSPS) is 12.4. The molecular weight excluding hydrogens is 234 g/mol. The minimum Gasteiger partial charge on any atom is -0.382 e. The van der Waals surface area contributed by atoms with E-state index >= 15 is 0 Å².